The minimum absolute atomic E-state index is 0.0788. The second kappa shape index (κ2) is 12.0. The van der Waals surface area contributed by atoms with Crippen molar-refractivity contribution in [1.29, 1.82) is 0 Å². The zero-order valence-corrected chi connectivity index (χ0v) is 16.8. The van der Waals surface area contributed by atoms with Gasteiger partial charge in [0, 0.05) is 12.0 Å². The molecule has 0 aliphatic carbocycles. The normalized spacial score (nSPS) is 17.2. The number of para-hydroxylation sites is 1. The predicted octanol–water partition coefficient (Wildman–Crippen LogP) is 4.51. The highest BCUT2D eigenvalue weighted by Crippen LogP contribution is 2.20. The summed E-state index contributed by atoms with van der Waals surface area (Å²) < 4.78 is 16.4. The lowest BCUT2D eigenvalue weighted by atomic mass is 10.1. The summed E-state index contributed by atoms with van der Waals surface area (Å²) in [5.74, 6) is 0.175. The number of carbonyl (C=O) groups is 1. The van der Waals surface area contributed by atoms with Crippen molar-refractivity contribution in [3.63, 3.8) is 0 Å². The van der Waals surface area contributed by atoms with E-state index >= 15 is 0 Å². The molecule has 6 heteroatoms. The first-order valence-corrected chi connectivity index (χ1v) is 9.66. The van der Waals surface area contributed by atoms with Crippen LogP contribution in [0, 0.1) is 0 Å². The van der Waals surface area contributed by atoms with Gasteiger partial charge in [0.15, 0.2) is 5.71 Å². The van der Waals surface area contributed by atoms with Crippen molar-refractivity contribution in [1.82, 2.24) is 0 Å². The molecule has 0 saturated carbocycles. The Morgan fingerprint density at radius 1 is 1.29 bits per heavy atom. The maximum absolute atomic E-state index is 12.2. The first-order chi connectivity index (χ1) is 13.6. The Bertz CT molecular complexity index is 713. The van der Waals surface area contributed by atoms with E-state index in [9.17, 15) is 4.79 Å². The molecule has 0 radical (unpaired) electrons. The van der Waals surface area contributed by atoms with Gasteiger partial charge in [0.25, 0.3) is 0 Å². The van der Waals surface area contributed by atoms with Gasteiger partial charge in [0.05, 0.1) is 13.2 Å². The van der Waals surface area contributed by atoms with Crippen molar-refractivity contribution in [2.24, 2.45) is 5.16 Å². The molecule has 0 N–H and O–H groups in total. The maximum atomic E-state index is 12.2. The molecule has 152 valence electrons. The van der Waals surface area contributed by atoms with Crippen LogP contribution < -0.4 is 4.74 Å². The zero-order valence-electron chi connectivity index (χ0n) is 16.8. The van der Waals surface area contributed by atoms with Crippen LogP contribution in [0.15, 0.2) is 47.1 Å². The number of hydrogen-bond acceptors (Lipinski definition) is 6. The molecule has 2 rings (SSSR count). The first kappa shape index (κ1) is 21.7. The molecule has 0 amide bonds. The lowest BCUT2D eigenvalue weighted by Gasteiger charge is -2.20. The number of ether oxygens (including phenoxy) is 3. The largest absolute Gasteiger partial charge is 0.489 e. The summed E-state index contributed by atoms with van der Waals surface area (Å²) in [6, 6.07) is 7.59. The van der Waals surface area contributed by atoms with Crippen LogP contribution in [-0.4, -0.2) is 37.8 Å². The summed E-state index contributed by atoms with van der Waals surface area (Å²) in [6.45, 7) is 7.17. The third kappa shape index (κ3) is 7.56. The first-order valence-electron chi connectivity index (χ1n) is 9.66. The molecule has 28 heavy (non-hydrogen) atoms. The number of hydrogen-bond donors (Lipinski definition) is 0. The molecule has 1 fully saturated rings. The summed E-state index contributed by atoms with van der Waals surface area (Å²) in [5.41, 5.74) is 2.09. The van der Waals surface area contributed by atoms with Crippen molar-refractivity contribution in [2.45, 2.75) is 46.3 Å². The molecule has 1 unspecified atom stereocenters. The van der Waals surface area contributed by atoms with Crippen LogP contribution >= 0.6 is 0 Å². The van der Waals surface area contributed by atoms with Gasteiger partial charge in [-0.25, -0.2) is 4.79 Å². The van der Waals surface area contributed by atoms with Crippen molar-refractivity contribution >= 4 is 17.8 Å². The summed E-state index contributed by atoms with van der Waals surface area (Å²) in [4.78, 5) is 17.6. The highest BCUT2D eigenvalue weighted by atomic mass is 16.8. The molecule has 6 nitrogen and oxygen atoms in total. The van der Waals surface area contributed by atoms with E-state index in [2.05, 4.69) is 5.16 Å². The van der Waals surface area contributed by atoms with Crippen molar-refractivity contribution in [3.8, 4) is 5.75 Å². The van der Waals surface area contributed by atoms with Crippen LogP contribution in [0.4, 0.5) is 0 Å². The predicted molar refractivity (Wildman–Crippen MR) is 109 cm³/mol. The van der Waals surface area contributed by atoms with E-state index in [4.69, 9.17) is 19.0 Å². The molecule has 1 aromatic carbocycles. The number of oxime groups is 1. The maximum Gasteiger partial charge on any atom is 0.360 e. The Balaban J connectivity index is 2.12. The zero-order chi connectivity index (χ0) is 20.2. The Labute approximate surface area is 166 Å². The number of esters is 1. The number of nitrogens with zero attached hydrogens (tertiary/aromatic N) is 1. The van der Waals surface area contributed by atoms with Crippen LogP contribution in [0.5, 0.6) is 5.75 Å². The molecule has 1 atom stereocenters. The molecule has 1 heterocycles. The number of carbonyl (C=O) groups excluding carboxylic acids is 1. The quantitative estimate of drug-likeness (QED) is 0.270. The van der Waals surface area contributed by atoms with E-state index < -0.39 is 12.3 Å². The highest BCUT2D eigenvalue weighted by molar-refractivity contribution is 6.41. The molecule has 1 aliphatic rings. The fourth-order valence-corrected chi connectivity index (χ4v) is 2.47. The summed E-state index contributed by atoms with van der Waals surface area (Å²) in [7, 11) is 0. The van der Waals surface area contributed by atoms with Gasteiger partial charge < -0.3 is 19.0 Å². The number of rotatable bonds is 9. The summed E-state index contributed by atoms with van der Waals surface area (Å²) in [5, 5.41) is 3.98. The number of allylic oxidation sites excluding steroid dienone is 1. The lowest BCUT2D eigenvalue weighted by molar-refractivity contribution is -0.162. The third-order valence-corrected chi connectivity index (χ3v) is 3.96. The average Bonchev–Trinajstić information content (AvgIpc) is 2.69. The summed E-state index contributed by atoms with van der Waals surface area (Å²) >= 11 is 0. The van der Waals surface area contributed by atoms with Crippen molar-refractivity contribution in [2.75, 3.05) is 19.8 Å². The topological polar surface area (TPSA) is 66.4 Å². The SMILES string of the molecule is CCOC(=O)C(/C=C/c1ccccc1OCC=C(C)C)=N\OC1CCCCO1. The lowest BCUT2D eigenvalue weighted by Crippen LogP contribution is -2.22. The average molecular weight is 387 g/mol. The van der Waals surface area contributed by atoms with Gasteiger partial charge in [-0.05, 0) is 57.9 Å². The molecule has 1 saturated heterocycles. The molecular weight excluding hydrogens is 358 g/mol. The number of benzene rings is 1. The van der Waals surface area contributed by atoms with Crippen LogP contribution in [0.3, 0.4) is 0 Å². The van der Waals surface area contributed by atoms with Gasteiger partial charge >= 0.3 is 5.97 Å². The van der Waals surface area contributed by atoms with Gasteiger partial charge in [-0.2, -0.15) is 0 Å². The second-order valence-corrected chi connectivity index (χ2v) is 6.56. The fourth-order valence-electron chi connectivity index (χ4n) is 2.47. The van der Waals surface area contributed by atoms with Gasteiger partial charge in [0.2, 0.25) is 6.29 Å². The molecule has 0 aromatic heterocycles. The molecule has 0 bridgehead atoms. The van der Waals surface area contributed by atoms with E-state index in [1.807, 2.05) is 44.2 Å². The smallest absolute Gasteiger partial charge is 0.360 e. The highest BCUT2D eigenvalue weighted by Gasteiger charge is 2.17. The van der Waals surface area contributed by atoms with E-state index in [0.717, 1.165) is 30.6 Å². The van der Waals surface area contributed by atoms with Gasteiger partial charge in [-0.1, -0.05) is 28.9 Å². The van der Waals surface area contributed by atoms with Gasteiger partial charge in [0.1, 0.15) is 12.4 Å². The van der Waals surface area contributed by atoms with Crippen LogP contribution in [0.2, 0.25) is 0 Å². The monoisotopic (exact) mass is 387 g/mol. The van der Waals surface area contributed by atoms with Crippen molar-refractivity contribution in [3.05, 3.63) is 47.6 Å². The third-order valence-electron chi connectivity index (χ3n) is 3.96. The Kier molecular flexibility index (Phi) is 9.28. The van der Waals surface area contributed by atoms with E-state index in [0.29, 0.717) is 13.2 Å². The van der Waals surface area contributed by atoms with Crippen LogP contribution in [0.25, 0.3) is 6.08 Å². The molecular formula is C22H29NO5. The minimum atomic E-state index is -0.544. The van der Waals surface area contributed by atoms with Gasteiger partial charge in [-0.15, -0.1) is 0 Å². The van der Waals surface area contributed by atoms with Crippen LogP contribution in [-0.2, 0) is 19.1 Å². The molecule has 0 spiro atoms. The van der Waals surface area contributed by atoms with E-state index in [1.165, 1.54) is 5.57 Å². The van der Waals surface area contributed by atoms with Crippen molar-refractivity contribution < 1.29 is 23.8 Å². The summed E-state index contributed by atoms with van der Waals surface area (Å²) in [6.07, 6.45) is 7.70. The van der Waals surface area contributed by atoms with Gasteiger partial charge in [-0.3, -0.25) is 0 Å². The fraction of sp³-hybridized carbons (Fsp3) is 0.455. The molecule has 1 aromatic rings. The van der Waals surface area contributed by atoms with E-state index in [-0.39, 0.29) is 12.3 Å². The van der Waals surface area contributed by atoms with Crippen LogP contribution in [0.1, 0.15) is 45.6 Å². The molecule has 1 aliphatic heterocycles. The van der Waals surface area contributed by atoms with E-state index in [1.54, 1.807) is 19.1 Å². The second-order valence-electron chi connectivity index (χ2n) is 6.56. The minimum Gasteiger partial charge on any atom is -0.489 e. The Hall–Kier alpha value is -2.60. The standard InChI is InChI=1S/C22H29NO5/c1-4-25-22(24)19(23-28-21-11-7-8-15-27-21)13-12-18-9-5-6-10-20(18)26-16-14-17(2)3/h5-6,9-10,12-14,21H,4,7-8,11,15-16H2,1-3H3/b13-12+,23-19-. The Morgan fingerprint density at radius 3 is 2.82 bits per heavy atom. The Morgan fingerprint density at radius 2 is 2.11 bits per heavy atom.